The van der Waals surface area contributed by atoms with E-state index in [9.17, 15) is 12.9 Å². The predicted octanol–water partition coefficient (Wildman–Crippen LogP) is 2.44. The monoisotopic (exact) mass is 124 g/mol. The molecule has 1 rings (SSSR count). The summed E-state index contributed by atoms with van der Waals surface area (Å²) in [7, 11) is -3.67. The van der Waals surface area contributed by atoms with Crippen molar-refractivity contribution < 1.29 is 12.9 Å². The highest BCUT2D eigenvalue weighted by Gasteiger charge is 2.06. The number of halogens is 3. The second-order valence-electron chi connectivity index (χ2n) is 1.66. The lowest BCUT2D eigenvalue weighted by atomic mass is 10.0. The zero-order valence-electron chi connectivity index (χ0n) is 4.54. The van der Waals surface area contributed by atoms with Gasteiger partial charge in [0.05, 0.1) is 0 Å². The Labute approximate surface area is 47.3 Å². The van der Waals surface area contributed by atoms with Gasteiger partial charge in [-0.05, 0) is 0 Å². The molecule has 0 aromatic heterocycles. The highest BCUT2D eigenvalue weighted by molar-refractivity contribution is 6.33. The molecule has 0 saturated heterocycles. The van der Waals surface area contributed by atoms with Crippen molar-refractivity contribution in [3.63, 3.8) is 0 Å². The summed E-state index contributed by atoms with van der Waals surface area (Å²) in [5, 5.41) is 0. The van der Waals surface area contributed by atoms with Crippen LogP contribution in [0.1, 0.15) is 25.7 Å². The molecule has 0 bridgehead atoms. The minimum absolute atomic E-state index is 1.50. The van der Waals surface area contributed by atoms with Crippen LogP contribution in [-0.4, -0.2) is 7.54 Å². The van der Waals surface area contributed by atoms with Crippen LogP contribution in [0.15, 0.2) is 0 Å². The van der Waals surface area contributed by atoms with Gasteiger partial charge in [-0.3, -0.25) is 12.9 Å². The van der Waals surface area contributed by atoms with E-state index in [0.29, 0.717) is 0 Å². The van der Waals surface area contributed by atoms with Gasteiger partial charge in [0.1, 0.15) is 0 Å². The largest absolute Gasteiger partial charge is 0.762 e. The van der Waals surface area contributed by atoms with Gasteiger partial charge >= 0.3 is 7.54 Å². The van der Waals surface area contributed by atoms with Crippen LogP contribution in [0.2, 0.25) is 0 Å². The fourth-order valence-electron chi connectivity index (χ4n) is 0.250. The smallest absolute Gasteiger partial charge is 0.254 e. The van der Waals surface area contributed by atoms with Gasteiger partial charge in [-0.25, -0.2) is 0 Å². The zero-order valence-corrected chi connectivity index (χ0v) is 4.54. The van der Waals surface area contributed by atoms with Crippen LogP contribution >= 0.6 is 0 Å². The van der Waals surface area contributed by atoms with Gasteiger partial charge in [-0.1, -0.05) is 25.7 Å². The van der Waals surface area contributed by atoms with Gasteiger partial charge in [-0.2, -0.15) is 0 Å². The molecule has 1 saturated carbocycles. The maximum absolute atomic E-state index is 9.67. The number of hydrogen-bond acceptors (Lipinski definition) is 0. The Morgan fingerprint density at radius 1 is 0.750 bits per heavy atom. The summed E-state index contributed by atoms with van der Waals surface area (Å²) >= 11 is 0. The average molecular weight is 124 g/mol. The lowest BCUT2D eigenvalue weighted by Crippen LogP contribution is -1.85. The minimum atomic E-state index is -3.67. The molecule has 0 aromatic rings. The van der Waals surface area contributed by atoms with Gasteiger partial charge in [0.15, 0.2) is 0 Å². The van der Waals surface area contributed by atoms with Crippen LogP contribution in [0.3, 0.4) is 0 Å². The van der Waals surface area contributed by atoms with Gasteiger partial charge in [0.25, 0.3) is 0 Å². The van der Waals surface area contributed by atoms with E-state index in [1.165, 1.54) is 25.7 Å². The molecular weight excluding hydrogens is 116 g/mol. The highest BCUT2D eigenvalue weighted by atomic mass is 19.4. The van der Waals surface area contributed by atoms with Crippen LogP contribution in [0.25, 0.3) is 0 Å². The molecule has 0 spiro atoms. The van der Waals surface area contributed by atoms with Crippen molar-refractivity contribution in [2.75, 3.05) is 0 Å². The van der Waals surface area contributed by atoms with Crippen LogP contribution in [0.5, 0.6) is 0 Å². The van der Waals surface area contributed by atoms with Crippen molar-refractivity contribution in [1.29, 1.82) is 0 Å². The minimum Gasteiger partial charge on any atom is -0.254 e. The molecule has 0 atom stereocenters. The SMILES string of the molecule is C1CCC1.FB(F)F. The molecule has 1 aliphatic rings. The first kappa shape index (κ1) is 7.85. The fourth-order valence-corrected chi connectivity index (χ4v) is 0.250. The van der Waals surface area contributed by atoms with Crippen molar-refractivity contribution in [1.82, 2.24) is 0 Å². The molecule has 0 radical (unpaired) electrons. The van der Waals surface area contributed by atoms with E-state index in [1.807, 2.05) is 0 Å². The molecule has 0 unspecified atom stereocenters. The van der Waals surface area contributed by atoms with E-state index < -0.39 is 7.54 Å². The van der Waals surface area contributed by atoms with E-state index >= 15 is 0 Å². The van der Waals surface area contributed by atoms with E-state index in [1.54, 1.807) is 0 Å². The molecule has 48 valence electrons. The fraction of sp³-hybridized carbons (Fsp3) is 1.00. The second kappa shape index (κ2) is 5.00. The first-order chi connectivity index (χ1) is 3.73. The van der Waals surface area contributed by atoms with E-state index in [-0.39, 0.29) is 0 Å². The van der Waals surface area contributed by atoms with Gasteiger partial charge in [0, 0.05) is 0 Å². The number of hydrogen-bond donors (Lipinski definition) is 0. The third-order valence-electron chi connectivity index (χ3n) is 1.000. The maximum atomic E-state index is 9.67. The molecule has 1 fully saturated rings. The molecule has 0 nitrogen and oxygen atoms in total. The van der Waals surface area contributed by atoms with Crippen LogP contribution < -0.4 is 0 Å². The normalized spacial score (nSPS) is 15.4. The Hall–Kier alpha value is -0.145. The molecule has 0 amide bonds. The van der Waals surface area contributed by atoms with Gasteiger partial charge in [-0.15, -0.1) is 0 Å². The summed E-state index contributed by atoms with van der Waals surface area (Å²) in [6.07, 6.45) is 6.00. The highest BCUT2D eigenvalue weighted by Crippen LogP contribution is 2.15. The third-order valence-corrected chi connectivity index (χ3v) is 1.000. The Kier molecular flexibility index (Phi) is 4.91. The van der Waals surface area contributed by atoms with Crippen molar-refractivity contribution in [3.05, 3.63) is 0 Å². The second-order valence-corrected chi connectivity index (χ2v) is 1.66. The van der Waals surface area contributed by atoms with Crippen molar-refractivity contribution >= 4 is 7.54 Å². The zero-order chi connectivity index (χ0) is 6.41. The Morgan fingerprint density at radius 2 is 0.875 bits per heavy atom. The molecule has 8 heavy (non-hydrogen) atoms. The quantitative estimate of drug-likeness (QED) is 0.435. The van der Waals surface area contributed by atoms with Crippen molar-refractivity contribution in [3.8, 4) is 0 Å². The molecule has 0 aromatic carbocycles. The molecule has 0 N–H and O–H groups in total. The Morgan fingerprint density at radius 3 is 0.875 bits per heavy atom. The topological polar surface area (TPSA) is 0 Å². The summed E-state index contributed by atoms with van der Waals surface area (Å²) in [6.45, 7) is 0. The van der Waals surface area contributed by atoms with Gasteiger partial charge in [0.2, 0.25) is 0 Å². The summed E-state index contributed by atoms with van der Waals surface area (Å²) in [4.78, 5) is 0. The number of rotatable bonds is 0. The summed E-state index contributed by atoms with van der Waals surface area (Å²) in [6, 6.07) is 0. The van der Waals surface area contributed by atoms with Crippen molar-refractivity contribution in [2.45, 2.75) is 25.7 Å². The Balaban J connectivity index is 0.000000122. The summed E-state index contributed by atoms with van der Waals surface area (Å²) < 4.78 is 29.0. The molecule has 0 aliphatic heterocycles. The lowest BCUT2D eigenvalue weighted by Gasteiger charge is -2.05. The third kappa shape index (κ3) is 9.29. The average Bonchev–Trinajstić information content (AvgIpc) is 1.19. The van der Waals surface area contributed by atoms with Crippen molar-refractivity contribution in [2.24, 2.45) is 0 Å². The first-order valence-corrected chi connectivity index (χ1v) is 2.65. The van der Waals surface area contributed by atoms with Crippen LogP contribution in [0, 0.1) is 0 Å². The van der Waals surface area contributed by atoms with Gasteiger partial charge < -0.3 is 0 Å². The molecule has 4 heteroatoms. The molecule has 0 heterocycles. The van der Waals surface area contributed by atoms with E-state index in [0.717, 1.165) is 0 Å². The lowest BCUT2D eigenvalue weighted by molar-refractivity contribution is 0.504. The summed E-state index contributed by atoms with van der Waals surface area (Å²) in [5.41, 5.74) is 0. The molecule has 1 aliphatic carbocycles. The van der Waals surface area contributed by atoms with E-state index in [2.05, 4.69) is 0 Å². The van der Waals surface area contributed by atoms with E-state index in [4.69, 9.17) is 0 Å². The van der Waals surface area contributed by atoms with Crippen LogP contribution in [0.4, 0.5) is 12.9 Å². The Bertz CT molecular complexity index is 37.8. The molecular formula is C4H8BF3. The predicted molar refractivity (Wildman–Crippen MR) is 27.5 cm³/mol. The van der Waals surface area contributed by atoms with Crippen LogP contribution in [-0.2, 0) is 0 Å². The maximum Gasteiger partial charge on any atom is 0.762 e. The first-order valence-electron chi connectivity index (χ1n) is 2.65. The summed E-state index contributed by atoms with van der Waals surface area (Å²) in [5.74, 6) is 0. The standard InChI is InChI=1S/C4H8.BF3/c1-2-4-3-1;2-1(3)4/h1-4H2;.